The van der Waals surface area contributed by atoms with E-state index in [1.807, 2.05) is 0 Å². The minimum atomic E-state index is 0.383. The van der Waals surface area contributed by atoms with Crippen LogP contribution in [0.3, 0.4) is 0 Å². The van der Waals surface area contributed by atoms with Gasteiger partial charge in [0.05, 0.1) is 0 Å². The van der Waals surface area contributed by atoms with Crippen molar-refractivity contribution in [3.8, 4) is 0 Å². The van der Waals surface area contributed by atoms with Crippen LogP contribution in [0.1, 0.15) is 33.6 Å². The largest absolute Gasteiger partial charge is 0.330 e. The molecule has 0 spiro atoms. The van der Waals surface area contributed by atoms with Crippen LogP contribution in [0.5, 0.6) is 0 Å². The Labute approximate surface area is 108 Å². The molecule has 0 fully saturated rings. The summed E-state index contributed by atoms with van der Waals surface area (Å²) in [5.74, 6) is 0.624. The van der Waals surface area contributed by atoms with E-state index in [2.05, 4.69) is 51.7 Å². The zero-order valence-electron chi connectivity index (χ0n) is 12.8. The molecule has 0 aliphatic rings. The van der Waals surface area contributed by atoms with Crippen LogP contribution < -0.4 is 5.73 Å². The smallest absolute Gasteiger partial charge is 0.00189 e. The first-order valence-electron chi connectivity index (χ1n) is 6.78. The molecule has 0 aromatic rings. The Balaban J connectivity index is 3.86. The van der Waals surface area contributed by atoms with E-state index in [1.54, 1.807) is 0 Å². The predicted octanol–water partition coefficient (Wildman–Crippen LogP) is 1.88. The van der Waals surface area contributed by atoms with Gasteiger partial charge >= 0.3 is 0 Å². The maximum atomic E-state index is 5.87. The highest BCUT2D eigenvalue weighted by Crippen LogP contribution is 2.24. The van der Waals surface area contributed by atoms with Crippen LogP contribution in [-0.2, 0) is 0 Å². The fourth-order valence-corrected chi connectivity index (χ4v) is 2.28. The van der Waals surface area contributed by atoms with E-state index in [1.165, 1.54) is 19.4 Å². The van der Waals surface area contributed by atoms with Crippen molar-refractivity contribution < 1.29 is 0 Å². The second-order valence-corrected chi connectivity index (χ2v) is 6.79. The maximum Gasteiger partial charge on any atom is 0.00189 e. The molecule has 0 saturated carbocycles. The third-order valence-corrected chi connectivity index (χ3v) is 2.95. The molecule has 0 saturated heterocycles. The van der Waals surface area contributed by atoms with E-state index >= 15 is 0 Å². The van der Waals surface area contributed by atoms with E-state index in [0.29, 0.717) is 11.3 Å². The third-order valence-electron chi connectivity index (χ3n) is 2.95. The second-order valence-electron chi connectivity index (χ2n) is 6.79. The lowest BCUT2D eigenvalue weighted by atomic mass is 9.84. The topological polar surface area (TPSA) is 32.5 Å². The van der Waals surface area contributed by atoms with Crippen molar-refractivity contribution in [3.05, 3.63) is 0 Å². The molecular formula is C14H33N3. The Morgan fingerprint density at radius 1 is 1.06 bits per heavy atom. The van der Waals surface area contributed by atoms with Gasteiger partial charge in [0.15, 0.2) is 0 Å². The van der Waals surface area contributed by atoms with E-state index in [0.717, 1.165) is 19.6 Å². The average molecular weight is 243 g/mol. The summed E-state index contributed by atoms with van der Waals surface area (Å²) in [4.78, 5) is 4.66. The van der Waals surface area contributed by atoms with Gasteiger partial charge in [-0.1, -0.05) is 20.8 Å². The van der Waals surface area contributed by atoms with Gasteiger partial charge in [-0.2, -0.15) is 0 Å². The second kappa shape index (κ2) is 8.06. The normalized spacial score (nSPS) is 14.6. The molecule has 0 radical (unpaired) electrons. The molecule has 2 N–H and O–H groups in total. The van der Waals surface area contributed by atoms with Crippen LogP contribution in [0.15, 0.2) is 0 Å². The molecule has 1 atom stereocenters. The number of rotatable bonds is 8. The first-order valence-corrected chi connectivity index (χ1v) is 6.78. The molecule has 0 aliphatic heterocycles. The highest BCUT2D eigenvalue weighted by atomic mass is 15.1. The van der Waals surface area contributed by atoms with E-state index < -0.39 is 0 Å². The molecule has 0 aromatic heterocycles. The fourth-order valence-electron chi connectivity index (χ4n) is 2.28. The lowest BCUT2D eigenvalue weighted by Gasteiger charge is -2.29. The van der Waals surface area contributed by atoms with Crippen molar-refractivity contribution in [3.63, 3.8) is 0 Å². The number of hydrogen-bond donors (Lipinski definition) is 1. The van der Waals surface area contributed by atoms with Gasteiger partial charge in [-0.25, -0.2) is 0 Å². The predicted molar refractivity (Wildman–Crippen MR) is 77.3 cm³/mol. The van der Waals surface area contributed by atoms with Gasteiger partial charge in [-0.15, -0.1) is 0 Å². The summed E-state index contributed by atoms with van der Waals surface area (Å²) in [6, 6.07) is 0. The number of hydrogen-bond acceptors (Lipinski definition) is 3. The zero-order chi connectivity index (χ0) is 13.5. The van der Waals surface area contributed by atoms with E-state index in [-0.39, 0.29) is 0 Å². The van der Waals surface area contributed by atoms with Crippen molar-refractivity contribution in [2.75, 3.05) is 47.3 Å². The third kappa shape index (κ3) is 10.7. The van der Waals surface area contributed by atoms with Crippen LogP contribution in [0.4, 0.5) is 0 Å². The van der Waals surface area contributed by atoms with Gasteiger partial charge in [0.2, 0.25) is 0 Å². The van der Waals surface area contributed by atoms with Crippen LogP contribution >= 0.6 is 0 Å². The van der Waals surface area contributed by atoms with Crippen molar-refractivity contribution in [1.29, 1.82) is 0 Å². The van der Waals surface area contributed by atoms with Crippen molar-refractivity contribution in [1.82, 2.24) is 9.80 Å². The number of nitrogens with two attached hydrogens (primary N) is 1. The maximum absolute atomic E-state index is 5.87. The first kappa shape index (κ1) is 16.9. The minimum absolute atomic E-state index is 0.383. The molecule has 0 amide bonds. The highest BCUT2D eigenvalue weighted by Gasteiger charge is 2.18. The van der Waals surface area contributed by atoms with Crippen LogP contribution in [0.25, 0.3) is 0 Å². The van der Waals surface area contributed by atoms with Crippen LogP contribution in [0, 0.1) is 11.3 Å². The molecule has 3 heteroatoms. The summed E-state index contributed by atoms with van der Waals surface area (Å²) >= 11 is 0. The summed E-state index contributed by atoms with van der Waals surface area (Å²) in [6.45, 7) is 11.1. The molecule has 17 heavy (non-hydrogen) atoms. The average Bonchev–Trinajstić information content (AvgIpc) is 2.13. The summed E-state index contributed by atoms with van der Waals surface area (Å²) in [6.07, 6.45) is 2.44. The molecule has 0 aromatic carbocycles. The molecule has 3 nitrogen and oxygen atoms in total. The Morgan fingerprint density at radius 3 is 2.06 bits per heavy atom. The summed E-state index contributed by atoms with van der Waals surface area (Å²) < 4.78 is 0. The van der Waals surface area contributed by atoms with Crippen LogP contribution in [0.2, 0.25) is 0 Å². The zero-order valence-corrected chi connectivity index (χ0v) is 12.8. The van der Waals surface area contributed by atoms with Gasteiger partial charge in [0, 0.05) is 6.54 Å². The van der Waals surface area contributed by atoms with Gasteiger partial charge in [-0.3, -0.25) is 0 Å². The molecule has 0 heterocycles. The standard InChI is InChI=1S/C14H33N3/c1-14(2,3)10-13(11-15)12-17(6)9-7-8-16(4)5/h13H,7-12,15H2,1-6H3. The summed E-state index contributed by atoms with van der Waals surface area (Å²) in [5.41, 5.74) is 6.25. The Morgan fingerprint density at radius 2 is 1.65 bits per heavy atom. The molecule has 0 rings (SSSR count). The van der Waals surface area contributed by atoms with Gasteiger partial charge in [0.1, 0.15) is 0 Å². The van der Waals surface area contributed by atoms with E-state index in [4.69, 9.17) is 5.73 Å². The van der Waals surface area contributed by atoms with E-state index in [9.17, 15) is 0 Å². The molecule has 0 bridgehead atoms. The van der Waals surface area contributed by atoms with Crippen LogP contribution in [-0.4, -0.2) is 57.1 Å². The van der Waals surface area contributed by atoms with Gasteiger partial charge < -0.3 is 15.5 Å². The molecule has 104 valence electrons. The molecular weight excluding hydrogens is 210 g/mol. The highest BCUT2D eigenvalue weighted by molar-refractivity contribution is 4.72. The summed E-state index contributed by atoms with van der Waals surface area (Å²) in [5, 5.41) is 0. The minimum Gasteiger partial charge on any atom is -0.330 e. The Kier molecular flexibility index (Phi) is 8.01. The van der Waals surface area contributed by atoms with Crippen molar-refractivity contribution in [2.24, 2.45) is 17.1 Å². The summed E-state index contributed by atoms with van der Waals surface area (Å²) in [7, 11) is 6.46. The fraction of sp³-hybridized carbons (Fsp3) is 1.00. The SMILES string of the molecule is CN(C)CCCN(C)CC(CN)CC(C)(C)C. The Bertz CT molecular complexity index is 184. The quantitative estimate of drug-likeness (QED) is 0.706. The lowest BCUT2D eigenvalue weighted by molar-refractivity contribution is 0.214. The lowest BCUT2D eigenvalue weighted by Crippen LogP contribution is -2.34. The van der Waals surface area contributed by atoms with Crippen molar-refractivity contribution in [2.45, 2.75) is 33.6 Å². The van der Waals surface area contributed by atoms with Gasteiger partial charge in [-0.05, 0) is 65.0 Å². The molecule has 0 aliphatic carbocycles. The first-order chi connectivity index (χ1) is 7.74. The monoisotopic (exact) mass is 243 g/mol. The van der Waals surface area contributed by atoms with Gasteiger partial charge in [0.25, 0.3) is 0 Å². The van der Waals surface area contributed by atoms with Crippen molar-refractivity contribution >= 4 is 0 Å². The molecule has 1 unspecified atom stereocenters. The Hall–Kier alpha value is -0.120. The number of nitrogens with zero attached hydrogens (tertiary/aromatic N) is 2.